The smallest absolute Gasteiger partial charge is 0.289 e. The van der Waals surface area contributed by atoms with Crippen molar-refractivity contribution in [3.8, 4) is 0 Å². The van der Waals surface area contributed by atoms with E-state index in [-0.39, 0.29) is 12.1 Å². The Bertz CT molecular complexity index is 797. The molecule has 0 unspecified atom stereocenters. The predicted molar refractivity (Wildman–Crippen MR) is 98.6 cm³/mol. The Morgan fingerprint density at radius 2 is 1.89 bits per heavy atom. The molecule has 152 valence electrons. The van der Waals surface area contributed by atoms with Gasteiger partial charge in [-0.05, 0) is 66.3 Å². The van der Waals surface area contributed by atoms with Crippen molar-refractivity contribution in [1.82, 2.24) is 25.1 Å². The Morgan fingerprint density at radius 1 is 1.11 bits per heavy atom. The number of aromatic nitrogens is 4. The first-order chi connectivity index (χ1) is 13.4. The van der Waals surface area contributed by atoms with Gasteiger partial charge in [0.25, 0.3) is 0 Å². The van der Waals surface area contributed by atoms with Crippen molar-refractivity contribution in [2.75, 3.05) is 13.1 Å². The number of rotatable bonds is 4. The highest BCUT2D eigenvalue weighted by molar-refractivity contribution is 5.31. The van der Waals surface area contributed by atoms with Crippen molar-refractivity contribution in [1.29, 1.82) is 0 Å². The van der Waals surface area contributed by atoms with E-state index in [1.54, 1.807) is 6.07 Å². The molecule has 0 N–H and O–H groups in total. The van der Waals surface area contributed by atoms with Crippen LogP contribution in [0.4, 0.5) is 13.2 Å². The lowest BCUT2D eigenvalue weighted by Crippen LogP contribution is -2.39. The molecule has 1 saturated carbocycles. The number of tetrazole rings is 1. The molecule has 4 rings (SSSR count). The van der Waals surface area contributed by atoms with Gasteiger partial charge in [-0.15, -0.1) is 5.10 Å². The molecule has 1 aromatic carbocycles. The molecule has 1 aliphatic heterocycles. The Labute approximate surface area is 162 Å². The highest BCUT2D eigenvalue weighted by atomic mass is 19.4. The molecule has 28 heavy (non-hydrogen) atoms. The SMILES string of the molecule is C[C@H]1CCCN([C@@H](c2cccc(C(F)(F)F)c2)c2nnnn2C2CCCC2)C1. The lowest BCUT2D eigenvalue weighted by atomic mass is 9.94. The first kappa shape index (κ1) is 19.4. The van der Waals surface area contributed by atoms with Crippen molar-refractivity contribution in [3.05, 3.63) is 41.2 Å². The van der Waals surface area contributed by atoms with Gasteiger partial charge in [-0.1, -0.05) is 31.9 Å². The van der Waals surface area contributed by atoms with Gasteiger partial charge in [-0.3, -0.25) is 4.90 Å². The highest BCUT2D eigenvalue weighted by Gasteiger charge is 2.35. The average Bonchev–Trinajstić information content (AvgIpc) is 3.33. The number of likely N-dealkylation sites (tertiary alicyclic amines) is 1. The fourth-order valence-corrected chi connectivity index (χ4v) is 4.66. The molecule has 0 radical (unpaired) electrons. The van der Waals surface area contributed by atoms with Gasteiger partial charge in [0.1, 0.15) is 0 Å². The molecular weight excluding hydrogens is 367 g/mol. The molecule has 2 aliphatic rings. The monoisotopic (exact) mass is 393 g/mol. The van der Waals surface area contributed by atoms with Gasteiger partial charge in [-0.2, -0.15) is 13.2 Å². The van der Waals surface area contributed by atoms with E-state index in [0.29, 0.717) is 17.3 Å². The number of nitrogens with zero attached hydrogens (tertiary/aromatic N) is 5. The molecule has 1 aromatic heterocycles. The minimum absolute atomic E-state index is 0.237. The third-order valence-corrected chi connectivity index (χ3v) is 6.02. The van der Waals surface area contributed by atoms with Crippen LogP contribution in [0.2, 0.25) is 0 Å². The number of hydrogen-bond donors (Lipinski definition) is 0. The van der Waals surface area contributed by atoms with E-state index in [2.05, 4.69) is 27.3 Å². The summed E-state index contributed by atoms with van der Waals surface area (Å²) in [5.41, 5.74) is -0.0158. The average molecular weight is 393 g/mol. The maximum Gasteiger partial charge on any atom is 0.416 e. The predicted octanol–water partition coefficient (Wildman–Crippen LogP) is 4.63. The third kappa shape index (κ3) is 3.92. The highest BCUT2D eigenvalue weighted by Crippen LogP contribution is 2.37. The van der Waals surface area contributed by atoms with E-state index in [9.17, 15) is 13.2 Å². The molecule has 0 bridgehead atoms. The van der Waals surface area contributed by atoms with Crippen LogP contribution in [0.1, 0.15) is 74.5 Å². The minimum Gasteiger partial charge on any atom is -0.289 e. The summed E-state index contributed by atoms with van der Waals surface area (Å²) in [5.74, 6) is 1.16. The molecule has 0 amide bonds. The van der Waals surface area contributed by atoms with Gasteiger partial charge < -0.3 is 0 Å². The standard InChI is InChI=1S/C20H26F3N5/c1-14-6-5-11-27(13-14)18(15-7-4-8-16(12-15)20(21,22)23)19-24-25-26-28(19)17-9-2-3-10-17/h4,7-8,12,14,17-18H,2-3,5-6,9-11,13H2,1H3/t14-,18-/m0/s1. The van der Waals surface area contributed by atoms with Gasteiger partial charge >= 0.3 is 6.18 Å². The van der Waals surface area contributed by atoms with Gasteiger partial charge in [-0.25, -0.2) is 4.68 Å². The summed E-state index contributed by atoms with van der Waals surface area (Å²) in [6.07, 6.45) is 2.11. The number of piperidine rings is 1. The quantitative estimate of drug-likeness (QED) is 0.760. The second kappa shape index (κ2) is 7.81. The largest absolute Gasteiger partial charge is 0.416 e. The normalized spacial score (nSPS) is 23.2. The van der Waals surface area contributed by atoms with E-state index in [1.165, 1.54) is 12.1 Å². The molecular formula is C20H26F3N5. The second-order valence-corrected chi connectivity index (χ2v) is 8.19. The third-order valence-electron chi connectivity index (χ3n) is 6.02. The van der Waals surface area contributed by atoms with Crippen LogP contribution in [0.25, 0.3) is 0 Å². The molecule has 1 saturated heterocycles. The van der Waals surface area contributed by atoms with Crippen LogP contribution in [0.5, 0.6) is 0 Å². The van der Waals surface area contributed by atoms with Gasteiger partial charge in [0.05, 0.1) is 17.6 Å². The van der Waals surface area contributed by atoms with E-state index in [1.807, 2.05) is 4.68 Å². The van der Waals surface area contributed by atoms with Crippen LogP contribution >= 0.6 is 0 Å². The summed E-state index contributed by atoms with van der Waals surface area (Å²) in [6, 6.07) is 5.52. The van der Waals surface area contributed by atoms with E-state index >= 15 is 0 Å². The molecule has 5 nitrogen and oxygen atoms in total. The Hall–Kier alpha value is -1.96. The van der Waals surface area contributed by atoms with Crippen LogP contribution < -0.4 is 0 Å². The maximum atomic E-state index is 13.3. The molecule has 8 heteroatoms. The number of halogens is 3. The zero-order valence-electron chi connectivity index (χ0n) is 16.1. The van der Waals surface area contributed by atoms with Gasteiger partial charge in [0.15, 0.2) is 5.82 Å². The first-order valence-electron chi connectivity index (χ1n) is 10.1. The van der Waals surface area contributed by atoms with Crippen molar-refractivity contribution in [2.45, 2.75) is 63.7 Å². The van der Waals surface area contributed by atoms with E-state index in [0.717, 1.165) is 57.7 Å². The van der Waals surface area contributed by atoms with Crippen molar-refractivity contribution < 1.29 is 13.2 Å². The second-order valence-electron chi connectivity index (χ2n) is 8.19. The van der Waals surface area contributed by atoms with Crippen LogP contribution in [-0.4, -0.2) is 38.2 Å². The summed E-state index contributed by atoms with van der Waals surface area (Å²) in [6.45, 7) is 3.86. The Morgan fingerprint density at radius 3 is 2.61 bits per heavy atom. The zero-order chi connectivity index (χ0) is 19.7. The maximum absolute atomic E-state index is 13.3. The van der Waals surface area contributed by atoms with Crippen molar-refractivity contribution in [3.63, 3.8) is 0 Å². The van der Waals surface area contributed by atoms with Crippen LogP contribution in [0, 0.1) is 5.92 Å². The zero-order valence-corrected chi connectivity index (χ0v) is 16.1. The van der Waals surface area contributed by atoms with Crippen LogP contribution in [-0.2, 0) is 6.18 Å². The molecule has 2 atom stereocenters. The molecule has 1 aliphatic carbocycles. The lowest BCUT2D eigenvalue weighted by Gasteiger charge is -2.37. The summed E-state index contributed by atoms with van der Waals surface area (Å²) in [5, 5.41) is 12.5. The van der Waals surface area contributed by atoms with Crippen LogP contribution in [0.15, 0.2) is 24.3 Å². The fraction of sp³-hybridized carbons (Fsp3) is 0.650. The number of benzene rings is 1. The minimum atomic E-state index is -4.37. The van der Waals surface area contributed by atoms with E-state index < -0.39 is 11.7 Å². The summed E-state index contributed by atoms with van der Waals surface area (Å²) < 4.78 is 41.9. The molecule has 2 aromatic rings. The summed E-state index contributed by atoms with van der Waals surface area (Å²) in [7, 11) is 0. The fourth-order valence-electron chi connectivity index (χ4n) is 4.66. The van der Waals surface area contributed by atoms with E-state index in [4.69, 9.17) is 0 Å². The topological polar surface area (TPSA) is 46.8 Å². The number of alkyl halides is 3. The molecule has 2 heterocycles. The molecule has 2 fully saturated rings. The van der Waals surface area contributed by atoms with Gasteiger partial charge in [0, 0.05) is 6.54 Å². The van der Waals surface area contributed by atoms with Crippen molar-refractivity contribution in [2.24, 2.45) is 5.92 Å². The van der Waals surface area contributed by atoms with Crippen LogP contribution in [0.3, 0.4) is 0 Å². The molecule has 0 spiro atoms. The Kier molecular flexibility index (Phi) is 5.40. The summed E-state index contributed by atoms with van der Waals surface area (Å²) in [4.78, 5) is 2.25. The summed E-state index contributed by atoms with van der Waals surface area (Å²) >= 11 is 0. The Balaban J connectivity index is 1.76. The number of hydrogen-bond acceptors (Lipinski definition) is 4. The van der Waals surface area contributed by atoms with Crippen molar-refractivity contribution >= 4 is 0 Å². The lowest BCUT2D eigenvalue weighted by molar-refractivity contribution is -0.137. The first-order valence-corrected chi connectivity index (χ1v) is 10.1. The van der Waals surface area contributed by atoms with Gasteiger partial charge in [0.2, 0.25) is 0 Å².